The highest BCUT2D eigenvalue weighted by Gasteiger charge is 2.32. The van der Waals surface area contributed by atoms with E-state index >= 15 is 0 Å². The second kappa shape index (κ2) is 8.93. The lowest BCUT2D eigenvalue weighted by Gasteiger charge is -2.31. The van der Waals surface area contributed by atoms with Crippen LogP contribution in [-0.4, -0.2) is 50.7 Å². The number of carbonyl (C=O) groups excluding carboxylic acids is 1. The van der Waals surface area contributed by atoms with Gasteiger partial charge in [-0.05, 0) is 38.3 Å². The van der Waals surface area contributed by atoms with Crippen LogP contribution in [0.2, 0.25) is 0 Å². The Morgan fingerprint density at radius 2 is 1.97 bits per heavy atom. The number of nitrogens with zero attached hydrogens (tertiary/aromatic N) is 5. The van der Waals surface area contributed by atoms with Crippen LogP contribution in [0.3, 0.4) is 0 Å². The molecule has 2 fully saturated rings. The standard InChI is InChI=1S/C23H25N5O3/c29-23(19-7-8-19)30-14-16-2-1-11-28(12-16)13-21-26-22(27-31-21)18-5-3-17(4-6-18)20-9-10-24-15-25-20/h3-6,9-10,15-16,19H,1-2,7-8,11-14H2/t16-/m1/s1. The normalized spacial score (nSPS) is 19.3. The molecule has 1 aliphatic carbocycles. The number of piperidine rings is 1. The molecule has 31 heavy (non-hydrogen) atoms. The van der Waals surface area contributed by atoms with Crippen molar-refractivity contribution in [3.63, 3.8) is 0 Å². The van der Waals surface area contributed by atoms with Crippen LogP contribution in [0.25, 0.3) is 22.6 Å². The molecule has 2 aliphatic rings. The molecule has 0 amide bonds. The van der Waals surface area contributed by atoms with E-state index in [2.05, 4.69) is 25.0 Å². The minimum Gasteiger partial charge on any atom is -0.465 e. The van der Waals surface area contributed by atoms with E-state index in [1.807, 2.05) is 30.3 Å². The molecule has 1 aliphatic heterocycles. The van der Waals surface area contributed by atoms with Crippen molar-refractivity contribution in [3.8, 4) is 22.6 Å². The van der Waals surface area contributed by atoms with Crippen LogP contribution in [0.4, 0.5) is 0 Å². The quantitative estimate of drug-likeness (QED) is 0.538. The van der Waals surface area contributed by atoms with Gasteiger partial charge in [0.25, 0.3) is 0 Å². The SMILES string of the molecule is O=C(OC[C@@H]1CCCN(Cc2nc(-c3ccc(-c4ccncn4)cc3)no2)C1)C1CC1. The molecular weight excluding hydrogens is 394 g/mol. The molecule has 0 spiro atoms. The Morgan fingerprint density at radius 1 is 1.13 bits per heavy atom. The maximum atomic E-state index is 11.8. The van der Waals surface area contributed by atoms with E-state index in [-0.39, 0.29) is 11.9 Å². The predicted octanol–water partition coefficient (Wildman–Crippen LogP) is 3.36. The Balaban J connectivity index is 1.17. The molecule has 0 N–H and O–H groups in total. The highest BCUT2D eigenvalue weighted by atomic mass is 16.5. The third kappa shape index (κ3) is 4.96. The van der Waals surface area contributed by atoms with E-state index in [9.17, 15) is 4.79 Å². The zero-order valence-electron chi connectivity index (χ0n) is 17.3. The number of hydrogen-bond donors (Lipinski definition) is 0. The summed E-state index contributed by atoms with van der Waals surface area (Å²) in [5, 5.41) is 4.15. The summed E-state index contributed by atoms with van der Waals surface area (Å²) in [5.41, 5.74) is 2.78. The number of ether oxygens (including phenoxy) is 1. The number of benzene rings is 1. The van der Waals surface area contributed by atoms with Gasteiger partial charge in [-0.1, -0.05) is 29.4 Å². The van der Waals surface area contributed by atoms with Crippen molar-refractivity contribution in [2.75, 3.05) is 19.7 Å². The fraction of sp³-hybridized carbons (Fsp3) is 0.435. The molecule has 1 saturated heterocycles. The molecule has 5 rings (SSSR count). The molecule has 8 nitrogen and oxygen atoms in total. The van der Waals surface area contributed by atoms with E-state index in [0.29, 0.717) is 30.8 Å². The van der Waals surface area contributed by atoms with Crippen LogP contribution in [0.1, 0.15) is 31.6 Å². The average molecular weight is 419 g/mol. The maximum Gasteiger partial charge on any atom is 0.308 e. The monoisotopic (exact) mass is 419 g/mol. The van der Waals surface area contributed by atoms with Gasteiger partial charge in [-0.25, -0.2) is 9.97 Å². The second-order valence-electron chi connectivity index (χ2n) is 8.33. The summed E-state index contributed by atoms with van der Waals surface area (Å²) in [6.45, 7) is 2.99. The van der Waals surface area contributed by atoms with Crippen molar-refractivity contribution < 1.29 is 14.1 Å². The molecular formula is C23H25N5O3. The Kier molecular flexibility index (Phi) is 5.71. The number of hydrogen-bond acceptors (Lipinski definition) is 8. The lowest BCUT2D eigenvalue weighted by molar-refractivity contribution is -0.147. The third-order valence-corrected chi connectivity index (χ3v) is 5.82. The molecule has 1 aromatic carbocycles. The van der Waals surface area contributed by atoms with Gasteiger partial charge < -0.3 is 9.26 Å². The van der Waals surface area contributed by atoms with Gasteiger partial charge in [0.15, 0.2) is 0 Å². The lowest BCUT2D eigenvalue weighted by Crippen LogP contribution is -2.37. The van der Waals surface area contributed by atoms with E-state index in [1.165, 1.54) is 6.33 Å². The molecule has 0 radical (unpaired) electrons. The maximum absolute atomic E-state index is 11.8. The van der Waals surface area contributed by atoms with Crippen LogP contribution in [0, 0.1) is 11.8 Å². The van der Waals surface area contributed by atoms with Crippen molar-refractivity contribution in [1.29, 1.82) is 0 Å². The highest BCUT2D eigenvalue weighted by molar-refractivity contribution is 5.74. The van der Waals surface area contributed by atoms with Gasteiger partial charge in [-0.3, -0.25) is 9.69 Å². The van der Waals surface area contributed by atoms with E-state index < -0.39 is 0 Å². The average Bonchev–Trinajstić information content (AvgIpc) is 3.58. The number of aromatic nitrogens is 4. The third-order valence-electron chi connectivity index (χ3n) is 5.82. The smallest absolute Gasteiger partial charge is 0.308 e. The molecule has 8 heteroatoms. The summed E-state index contributed by atoms with van der Waals surface area (Å²) in [6.07, 6.45) is 7.40. The van der Waals surface area contributed by atoms with Gasteiger partial charge in [0.1, 0.15) is 6.33 Å². The van der Waals surface area contributed by atoms with E-state index in [1.54, 1.807) is 6.20 Å². The van der Waals surface area contributed by atoms with Gasteiger partial charge in [-0.15, -0.1) is 0 Å². The minimum absolute atomic E-state index is 0.0237. The fourth-order valence-corrected chi connectivity index (χ4v) is 3.95. The molecule has 0 bridgehead atoms. The van der Waals surface area contributed by atoms with Gasteiger partial charge in [0, 0.05) is 29.8 Å². The highest BCUT2D eigenvalue weighted by Crippen LogP contribution is 2.30. The number of rotatable bonds is 7. The van der Waals surface area contributed by atoms with Crippen LogP contribution in [0.15, 0.2) is 47.4 Å². The molecule has 3 heterocycles. The first-order valence-corrected chi connectivity index (χ1v) is 10.8. The van der Waals surface area contributed by atoms with Crippen molar-refractivity contribution >= 4 is 5.97 Å². The van der Waals surface area contributed by atoms with Crippen molar-refractivity contribution in [2.24, 2.45) is 11.8 Å². The summed E-state index contributed by atoms with van der Waals surface area (Å²) in [6, 6.07) is 9.80. The lowest BCUT2D eigenvalue weighted by atomic mass is 9.99. The topological polar surface area (TPSA) is 94.2 Å². The van der Waals surface area contributed by atoms with E-state index in [0.717, 1.165) is 55.6 Å². The molecule has 2 aromatic heterocycles. The minimum atomic E-state index is -0.0237. The number of esters is 1. The first kappa shape index (κ1) is 19.8. The zero-order valence-corrected chi connectivity index (χ0v) is 17.3. The van der Waals surface area contributed by atoms with Gasteiger partial charge in [-0.2, -0.15) is 4.98 Å². The Morgan fingerprint density at radius 3 is 2.74 bits per heavy atom. The van der Waals surface area contributed by atoms with Crippen LogP contribution >= 0.6 is 0 Å². The van der Waals surface area contributed by atoms with Crippen LogP contribution in [-0.2, 0) is 16.1 Å². The largest absolute Gasteiger partial charge is 0.465 e. The molecule has 1 atom stereocenters. The fourth-order valence-electron chi connectivity index (χ4n) is 3.95. The Hall–Kier alpha value is -3.13. The summed E-state index contributed by atoms with van der Waals surface area (Å²) in [5.74, 6) is 1.69. The summed E-state index contributed by atoms with van der Waals surface area (Å²) < 4.78 is 11.0. The summed E-state index contributed by atoms with van der Waals surface area (Å²) in [7, 11) is 0. The van der Waals surface area contributed by atoms with Crippen molar-refractivity contribution in [1.82, 2.24) is 25.0 Å². The number of carbonyl (C=O) groups is 1. The molecule has 3 aromatic rings. The van der Waals surface area contributed by atoms with Gasteiger partial charge >= 0.3 is 5.97 Å². The summed E-state index contributed by atoms with van der Waals surface area (Å²) in [4.78, 5) is 26.9. The molecule has 0 unspecified atom stereocenters. The predicted molar refractivity (Wildman–Crippen MR) is 112 cm³/mol. The summed E-state index contributed by atoms with van der Waals surface area (Å²) >= 11 is 0. The van der Waals surface area contributed by atoms with Crippen molar-refractivity contribution in [2.45, 2.75) is 32.2 Å². The Bertz CT molecular complexity index is 1020. The van der Waals surface area contributed by atoms with Gasteiger partial charge in [0.2, 0.25) is 11.7 Å². The van der Waals surface area contributed by atoms with E-state index in [4.69, 9.17) is 9.26 Å². The van der Waals surface area contributed by atoms with Crippen LogP contribution in [0.5, 0.6) is 0 Å². The molecule has 160 valence electrons. The molecule has 1 saturated carbocycles. The van der Waals surface area contributed by atoms with Crippen LogP contribution < -0.4 is 0 Å². The van der Waals surface area contributed by atoms with Gasteiger partial charge in [0.05, 0.1) is 24.8 Å². The van der Waals surface area contributed by atoms with Crippen molar-refractivity contribution in [3.05, 3.63) is 48.7 Å². The first-order chi connectivity index (χ1) is 15.2. The Labute approximate surface area is 180 Å². The number of likely N-dealkylation sites (tertiary alicyclic amines) is 1. The zero-order chi connectivity index (χ0) is 21.0. The first-order valence-electron chi connectivity index (χ1n) is 10.8. The second-order valence-corrected chi connectivity index (χ2v) is 8.33.